The molecular weight excluding hydrogens is 1010 g/mol. The molecule has 0 bridgehead atoms. The fraction of sp³-hybridized carbons (Fsp3) is 0.0602. The number of hydrogen-bond donors (Lipinski definition) is 0. The lowest BCUT2D eigenvalue weighted by atomic mass is 9.67. The Morgan fingerprint density at radius 2 is 0.619 bits per heavy atom. The molecule has 17 rings (SSSR count). The highest BCUT2D eigenvalue weighted by Crippen LogP contribution is 2.64. The van der Waals surface area contributed by atoms with Gasteiger partial charge in [-0.05, 0) is 176 Å². The zero-order valence-corrected chi connectivity index (χ0v) is 46.9. The van der Waals surface area contributed by atoms with E-state index in [-0.39, 0.29) is 5.41 Å². The van der Waals surface area contributed by atoms with Crippen LogP contribution in [0.3, 0.4) is 0 Å². The Morgan fingerprint density at radius 3 is 1.23 bits per heavy atom. The van der Waals surface area contributed by atoms with Gasteiger partial charge in [-0.15, -0.1) is 0 Å². The SMILES string of the molecule is CC1(C)c2ccccc2-c2ccc(N(c3ccc(-c4ccccc4)cc3)c3ccc(-c4cccc5c4-c4ccccc4C5(c4ccccc4)c4ccccc4)c(-c4ccc5c(c4)-c4ccccc4C54c5ccccc5-c5ccccc54)c3)cc21. The third kappa shape index (κ3) is 6.67. The van der Waals surface area contributed by atoms with Gasteiger partial charge in [-0.25, -0.2) is 0 Å². The second-order valence-corrected chi connectivity index (χ2v) is 23.8. The van der Waals surface area contributed by atoms with Crippen LogP contribution in [0, 0.1) is 0 Å². The second-order valence-electron chi connectivity index (χ2n) is 23.8. The predicted octanol–water partition coefficient (Wildman–Crippen LogP) is 21.2. The summed E-state index contributed by atoms with van der Waals surface area (Å²) in [5, 5.41) is 0. The van der Waals surface area contributed by atoms with Crippen molar-refractivity contribution in [3.63, 3.8) is 0 Å². The molecule has 0 saturated heterocycles. The standard InChI is InChI=1S/C83H57N/c1-81(2)72-35-17-12-29-63(72)67-49-47-61(53-79(67)81)84(59-44-41-55(42-45-59)54-23-6-3-7-24-54)60-46-48-62(68-34-22-40-78-80(68)69-33-16-21-39-76(69)82(78,57-25-8-4-9-26-57)58-27-10-5-11-28-58)70(52-60)56-43-50-77-71(51-56)66-32-15-20-38-75(66)83(77)73-36-18-13-30-64(73)65-31-14-19-37-74(65)83/h3-53H,1-2H3. The summed E-state index contributed by atoms with van der Waals surface area (Å²) in [6.45, 7) is 4.76. The van der Waals surface area contributed by atoms with E-state index in [0.717, 1.165) is 17.1 Å². The van der Waals surface area contributed by atoms with Crippen molar-refractivity contribution in [2.75, 3.05) is 4.90 Å². The molecule has 0 saturated carbocycles. The third-order valence-corrected chi connectivity index (χ3v) is 19.4. The first-order valence-electron chi connectivity index (χ1n) is 29.6. The Kier molecular flexibility index (Phi) is 10.6. The first-order valence-corrected chi connectivity index (χ1v) is 29.6. The van der Waals surface area contributed by atoms with E-state index in [0.29, 0.717) is 0 Å². The number of fused-ring (bicyclic) bond motifs is 16. The lowest BCUT2D eigenvalue weighted by Gasteiger charge is -2.34. The van der Waals surface area contributed by atoms with Crippen molar-refractivity contribution >= 4 is 17.1 Å². The molecule has 0 aromatic heterocycles. The minimum absolute atomic E-state index is 0.184. The van der Waals surface area contributed by atoms with E-state index < -0.39 is 10.8 Å². The van der Waals surface area contributed by atoms with Crippen molar-refractivity contribution < 1.29 is 0 Å². The summed E-state index contributed by atoms with van der Waals surface area (Å²) in [4.78, 5) is 2.49. The normalized spacial score (nSPS) is 14.4. The van der Waals surface area contributed by atoms with Crippen LogP contribution < -0.4 is 4.90 Å². The molecule has 84 heavy (non-hydrogen) atoms. The van der Waals surface area contributed by atoms with E-state index >= 15 is 0 Å². The average molecular weight is 1070 g/mol. The monoisotopic (exact) mass is 1070 g/mol. The maximum absolute atomic E-state index is 2.53. The summed E-state index contributed by atoms with van der Waals surface area (Å²) in [6.07, 6.45) is 0. The van der Waals surface area contributed by atoms with Crippen molar-refractivity contribution in [2.24, 2.45) is 0 Å². The van der Waals surface area contributed by atoms with E-state index in [4.69, 9.17) is 0 Å². The molecule has 0 unspecified atom stereocenters. The number of hydrogen-bond acceptors (Lipinski definition) is 1. The molecule has 0 aliphatic heterocycles. The van der Waals surface area contributed by atoms with Gasteiger partial charge in [0.1, 0.15) is 0 Å². The van der Waals surface area contributed by atoms with Crippen molar-refractivity contribution in [3.8, 4) is 77.9 Å². The van der Waals surface area contributed by atoms with Gasteiger partial charge in [0.2, 0.25) is 0 Å². The molecule has 1 nitrogen and oxygen atoms in total. The zero-order valence-electron chi connectivity index (χ0n) is 46.9. The van der Waals surface area contributed by atoms with E-state index in [2.05, 4.69) is 328 Å². The highest BCUT2D eigenvalue weighted by atomic mass is 15.1. The number of benzene rings is 13. The van der Waals surface area contributed by atoms with Crippen LogP contribution in [-0.4, -0.2) is 0 Å². The van der Waals surface area contributed by atoms with E-state index in [1.54, 1.807) is 0 Å². The van der Waals surface area contributed by atoms with E-state index in [1.165, 1.54) is 134 Å². The first-order chi connectivity index (χ1) is 41.4. The molecule has 4 aliphatic rings. The van der Waals surface area contributed by atoms with Crippen molar-refractivity contribution in [1.29, 1.82) is 0 Å². The number of anilines is 3. The fourth-order valence-electron chi connectivity index (χ4n) is 15.8. The van der Waals surface area contributed by atoms with Crippen molar-refractivity contribution in [2.45, 2.75) is 30.1 Å². The quantitative estimate of drug-likeness (QED) is 0.147. The molecule has 0 amide bonds. The molecule has 0 atom stereocenters. The molecule has 13 aromatic carbocycles. The van der Waals surface area contributed by atoms with Crippen molar-refractivity contribution in [3.05, 3.63) is 365 Å². The van der Waals surface area contributed by atoms with Gasteiger partial charge in [0.15, 0.2) is 0 Å². The Balaban J connectivity index is 0.933. The largest absolute Gasteiger partial charge is 0.310 e. The minimum atomic E-state index is -0.548. The summed E-state index contributed by atoms with van der Waals surface area (Å²) in [7, 11) is 0. The molecule has 0 N–H and O–H groups in total. The molecule has 0 radical (unpaired) electrons. The average Bonchev–Trinajstić information content (AvgIpc) is 1.76. The first kappa shape index (κ1) is 48.4. The lowest BCUT2D eigenvalue weighted by Crippen LogP contribution is -2.28. The summed E-state index contributed by atoms with van der Waals surface area (Å²) in [5.41, 5.74) is 32.7. The van der Waals surface area contributed by atoms with Gasteiger partial charge < -0.3 is 4.90 Å². The molecular formula is C83H57N. The van der Waals surface area contributed by atoms with E-state index in [1.807, 2.05) is 0 Å². The topological polar surface area (TPSA) is 3.24 Å². The van der Waals surface area contributed by atoms with Crippen LogP contribution in [0.1, 0.15) is 69.5 Å². The Bertz CT molecular complexity index is 4710. The molecule has 0 heterocycles. The molecule has 13 aromatic rings. The second kappa shape index (κ2) is 18.3. The minimum Gasteiger partial charge on any atom is -0.310 e. The Morgan fingerprint density at radius 1 is 0.214 bits per heavy atom. The highest BCUT2D eigenvalue weighted by molar-refractivity contribution is 6.02. The zero-order chi connectivity index (χ0) is 55.7. The molecule has 1 heteroatoms. The third-order valence-electron chi connectivity index (χ3n) is 19.4. The van der Waals surface area contributed by atoms with Crippen LogP contribution in [0.25, 0.3) is 77.9 Å². The summed E-state index contributed by atoms with van der Waals surface area (Å²) >= 11 is 0. The van der Waals surface area contributed by atoms with Crippen LogP contribution in [0.4, 0.5) is 17.1 Å². The Hall–Kier alpha value is -10.3. The van der Waals surface area contributed by atoms with Gasteiger partial charge in [-0.3, -0.25) is 0 Å². The summed E-state index contributed by atoms with van der Waals surface area (Å²) in [5.74, 6) is 0. The van der Waals surface area contributed by atoms with Crippen LogP contribution in [0.15, 0.2) is 309 Å². The summed E-state index contributed by atoms with van der Waals surface area (Å²) < 4.78 is 0. The van der Waals surface area contributed by atoms with Crippen LogP contribution in [0.5, 0.6) is 0 Å². The van der Waals surface area contributed by atoms with Gasteiger partial charge in [0.05, 0.1) is 10.8 Å². The Labute approximate surface area is 492 Å². The van der Waals surface area contributed by atoms with Gasteiger partial charge in [0, 0.05) is 22.5 Å². The molecule has 4 aliphatic carbocycles. The number of nitrogens with zero attached hydrogens (tertiary/aromatic N) is 1. The van der Waals surface area contributed by atoms with Gasteiger partial charge in [-0.2, -0.15) is 0 Å². The van der Waals surface area contributed by atoms with Gasteiger partial charge in [-0.1, -0.05) is 281 Å². The lowest BCUT2D eigenvalue weighted by molar-refractivity contribution is 0.660. The smallest absolute Gasteiger partial charge is 0.0725 e. The predicted molar refractivity (Wildman–Crippen MR) is 349 cm³/mol. The molecule has 1 spiro atoms. The summed E-state index contributed by atoms with van der Waals surface area (Å²) in [6, 6.07) is 117. The van der Waals surface area contributed by atoms with Crippen LogP contribution in [-0.2, 0) is 16.2 Å². The maximum Gasteiger partial charge on any atom is 0.0725 e. The number of rotatable bonds is 8. The van der Waals surface area contributed by atoms with Crippen LogP contribution in [0.2, 0.25) is 0 Å². The highest BCUT2D eigenvalue weighted by Gasteiger charge is 2.52. The maximum atomic E-state index is 2.53. The van der Waals surface area contributed by atoms with Crippen LogP contribution >= 0.6 is 0 Å². The molecule has 0 fully saturated rings. The van der Waals surface area contributed by atoms with Crippen molar-refractivity contribution in [1.82, 2.24) is 0 Å². The molecule has 394 valence electrons. The fourth-order valence-corrected chi connectivity index (χ4v) is 15.8. The van der Waals surface area contributed by atoms with Gasteiger partial charge in [0.25, 0.3) is 0 Å². The van der Waals surface area contributed by atoms with E-state index in [9.17, 15) is 0 Å². The van der Waals surface area contributed by atoms with Gasteiger partial charge >= 0.3 is 0 Å².